The second kappa shape index (κ2) is 9.44. The van der Waals surface area contributed by atoms with E-state index in [1.54, 1.807) is 20.8 Å². The molecule has 0 fully saturated rings. The Morgan fingerprint density at radius 3 is 2.14 bits per heavy atom. The molecule has 0 aromatic carbocycles. The zero-order valence-corrected chi connectivity index (χ0v) is 16.3. The zero-order chi connectivity index (χ0) is 16.1. The standard InChI is InChI=1S/C12H26N2O5S.Na/c1-5-9(6-8(2)11(13)15)10(19-14)12(3,4)7-20(16,17)18;/h8-10H,5-7,14H2,1-4H3,(H2,13,15)(H,16,17,18);/q;+1/p-1. The second-order valence-corrected chi connectivity index (χ2v) is 7.36. The predicted octanol–water partition coefficient (Wildman–Crippen LogP) is -2.64. The van der Waals surface area contributed by atoms with Crippen molar-refractivity contribution in [3.8, 4) is 0 Å². The average Bonchev–Trinajstić information content (AvgIpc) is 2.24. The summed E-state index contributed by atoms with van der Waals surface area (Å²) >= 11 is 0. The van der Waals surface area contributed by atoms with Crippen LogP contribution in [0.2, 0.25) is 0 Å². The van der Waals surface area contributed by atoms with E-state index < -0.39 is 33.3 Å². The maximum atomic E-state index is 11.1. The molecule has 0 rings (SSSR count). The molecular weight excluding hydrogens is 307 g/mol. The van der Waals surface area contributed by atoms with Gasteiger partial charge in [-0.15, -0.1) is 0 Å². The Kier molecular flexibility index (Phi) is 10.6. The number of nitrogens with two attached hydrogens (primary N) is 2. The van der Waals surface area contributed by atoms with E-state index >= 15 is 0 Å². The van der Waals surface area contributed by atoms with Crippen molar-refractivity contribution in [3.63, 3.8) is 0 Å². The Hall–Kier alpha value is 0.300. The van der Waals surface area contributed by atoms with E-state index in [9.17, 15) is 17.8 Å². The molecule has 3 unspecified atom stereocenters. The van der Waals surface area contributed by atoms with Crippen LogP contribution in [0.25, 0.3) is 0 Å². The molecule has 0 aromatic rings. The summed E-state index contributed by atoms with van der Waals surface area (Å²) in [6, 6.07) is 0. The third-order valence-electron chi connectivity index (χ3n) is 3.56. The van der Waals surface area contributed by atoms with Crippen LogP contribution in [0, 0.1) is 17.3 Å². The van der Waals surface area contributed by atoms with E-state index in [4.69, 9.17) is 16.5 Å². The third kappa shape index (κ3) is 8.49. The summed E-state index contributed by atoms with van der Waals surface area (Å²) in [7, 11) is -4.40. The minimum Gasteiger partial charge on any atom is -0.748 e. The molecule has 3 atom stereocenters. The van der Waals surface area contributed by atoms with Gasteiger partial charge in [0.1, 0.15) is 0 Å². The number of rotatable bonds is 9. The van der Waals surface area contributed by atoms with E-state index in [2.05, 4.69) is 0 Å². The van der Waals surface area contributed by atoms with E-state index in [1.165, 1.54) is 0 Å². The largest absolute Gasteiger partial charge is 1.00 e. The fourth-order valence-corrected chi connectivity index (χ4v) is 3.62. The average molecular weight is 332 g/mol. The molecule has 0 aromatic heterocycles. The molecule has 0 aliphatic rings. The van der Waals surface area contributed by atoms with Crippen molar-refractivity contribution in [2.75, 3.05) is 5.75 Å². The summed E-state index contributed by atoms with van der Waals surface area (Å²) in [5.41, 5.74) is 4.28. The SMILES string of the molecule is CCC(CC(C)C(N)=O)C(ON)C(C)(C)CS(=O)(=O)[O-].[Na+]. The fourth-order valence-electron chi connectivity index (χ4n) is 2.55. The van der Waals surface area contributed by atoms with Crippen LogP contribution in [0.5, 0.6) is 0 Å². The molecule has 9 heteroatoms. The first kappa shape index (κ1) is 23.6. The van der Waals surface area contributed by atoms with Gasteiger partial charge in [-0.25, -0.2) is 14.3 Å². The Morgan fingerprint density at radius 1 is 1.38 bits per heavy atom. The summed E-state index contributed by atoms with van der Waals surface area (Å²) < 4.78 is 32.9. The van der Waals surface area contributed by atoms with Crippen molar-refractivity contribution in [3.05, 3.63) is 0 Å². The van der Waals surface area contributed by atoms with Crippen LogP contribution in [0.3, 0.4) is 0 Å². The molecule has 120 valence electrons. The molecule has 0 bridgehead atoms. The molecule has 0 radical (unpaired) electrons. The van der Waals surface area contributed by atoms with E-state index in [-0.39, 0.29) is 41.4 Å². The van der Waals surface area contributed by atoms with Crippen LogP contribution in [0.4, 0.5) is 0 Å². The second-order valence-electron chi connectivity index (χ2n) is 5.95. The first-order valence-corrected chi connectivity index (χ1v) is 8.10. The third-order valence-corrected chi connectivity index (χ3v) is 4.66. The summed E-state index contributed by atoms with van der Waals surface area (Å²) in [6.07, 6.45) is 0.399. The molecule has 0 saturated carbocycles. The number of hydrogen-bond donors (Lipinski definition) is 2. The van der Waals surface area contributed by atoms with Gasteiger partial charge >= 0.3 is 29.6 Å². The fraction of sp³-hybridized carbons (Fsp3) is 0.917. The van der Waals surface area contributed by atoms with Crippen molar-refractivity contribution in [2.24, 2.45) is 28.9 Å². The molecule has 4 N–H and O–H groups in total. The first-order valence-electron chi connectivity index (χ1n) is 6.53. The van der Waals surface area contributed by atoms with Gasteiger partial charge in [-0.2, -0.15) is 0 Å². The molecule has 1 amide bonds. The molecule has 0 aliphatic heterocycles. The molecule has 0 heterocycles. The van der Waals surface area contributed by atoms with Crippen molar-refractivity contribution >= 4 is 16.0 Å². The Morgan fingerprint density at radius 2 is 1.86 bits per heavy atom. The molecule has 7 nitrogen and oxygen atoms in total. The molecule has 21 heavy (non-hydrogen) atoms. The Labute approximate surface area is 149 Å². The zero-order valence-electron chi connectivity index (χ0n) is 13.5. The van der Waals surface area contributed by atoms with Gasteiger partial charge in [0.25, 0.3) is 0 Å². The van der Waals surface area contributed by atoms with Crippen LogP contribution in [-0.2, 0) is 19.8 Å². The van der Waals surface area contributed by atoms with Gasteiger partial charge in [0.05, 0.1) is 16.2 Å². The number of primary amides is 1. The van der Waals surface area contributed by atoms with Crippen LogP contribution in [0.1, 0.15) is 40.5 Å². The van der Waals surface area contributed by atoms with Gasteiger partial charge in [-0.05, 0) is 12.3 Å². The van der Waals surface area contributed by atoms with Crippen LogP contribution in [-0.4, -0.2) is 30.7 Å². The van der Waals surface area contributed by atoms with E-state index in [0.717, 1.165) is 0 Å². The van der Waals surface area contributed by atoms with E-state index in [0.29, 0.717) is 12.8 Å². The summed E-state index contributed by atoms with van der Waals surface area (Å²) in [6.45, 7) is 6.79. The van der Waals surface area contributed by atoms with Crippen molar-refractivity contribution in [1.29, 1.82) is 0 Å². The summed E-state index contributed by atoms with van der Waals surface area (Å²) in [5, 5.41) is 0. The summed E-state index contributed by atoms with van der Waals surface area (Å²) in [5.74, 6) is 3.73. The van der Waals surface area contributed by atoms with E-state index in [1.807, 2.05) is 6.92 Å². The Balaban J connectivity index is 0. The summed E-state index contributed by atoms with van der Waals surface area (Å²) in [4.78, 5) is 16.1. The normalized spacial score (nSPS) is 16.7. The predicted molar refractivity (Wildman–Crippen MR) is 74.2 cm³/mol. The minimum absolute atomic E-state index is 0. The van der Waals surface area contributed by atoms with Crippen LogP contribution >= 0.6 is 0 Å². The van der Waals surface area contributed by atoms with Crippen molar-refractivity contribution in [1.82, 2.24) is 0 Å². The number of carbonyl (C=O) groups is 1. The van der Waals surface area contributed by atoms with Gasteiger partial charge in [0, 0.05) is 17.1 Å². The maximum absolute atomic E-state index is 11.1. The monoisotopic (exact) mass is 332 g/mol. The number of amides is 1. The smallest absolute Gasteiger partial charge is 0.748 e. The number of hydrogen-bond acceptors (Lipinski definition) is 6. The Bertz CT molecular complexity index is 427. The minimum atomic E-state index is -4.40. The number of carbonyl (C=O) groups excluding carboxylic acids is 1. The van der Waals surface area contributed by atoms with Crippen molar-refractivity contribution < 1.29 is 52.2 Å². The van der Waals surface area contributed by atoms with Gasteiger partial charge in [-0.1, -0.05) is 34.1 Å². The van der Waals surface area contributed by atoms with Gasteiger partial charge in [0.2, 0.25) is 5.91 Å². The van der Waals surface area contributed by atoms with Crippen LogP contribution < -0.4 is 41.2 Å². The van der Waals surface area contributed by atoms with Gasteiger partial charge in [-0.3, -0.25) is 4.79 Å². The van der Waals surface area contributed by atoms with Gasteiger partial charge < -0.3 is 15.1 Å². The van der Waals surface area contributed by atoms with Crippen LogP contribution in [0.15, 0.2) is 0 Å². The quantitative estimate of drug-likeness (QED) is 0.269. The molecular formula is C12H25N2NaO5S. The molecule has 0 aliphatic carbocycles. The molecule has 0 saturated heterocycles. The maximum Gasteiger partial charge on any atom is 1.00 e. The topological polar surface area (TPSA) is 136 Å². The first-order chi connectivity index (χ1) is 8.94. The molecule has 0 spiro atoms. The van der Waals surface area contributed by atoms with Gasteiger partial charge in [0.15, 0.2) is 0 Å². The van der Waals surface area contributed by atoms with Crippen molar-refractivity contribution in [2.45, 2.75) is 46.6 Å².